The van der Waals surface area contributed by atoms with Crippen molar-refractivity contribution in [2.24, 2.45) is 0 Å². The van der Waals surface area contributed by atoms with Crippen molar-refractivity contribution in [1.29, 1.82) is 0 Å². The van der Waals surface area contributed by atoms with Gasteiger partial charge in [0.15, 0.2) is 0 Å². The quantitative estimate of drug-likeness (QED) is 0.521. The van der Waals surface area contributed by atoms with Crippen LogP contribution in [0.1, 0.15) is 6.92 Å². The first-order valence-corrected chi connectivity index (χ1v) is 2.45. The Labute approximate surface area is 52.5 Å². The lowest BCUT2D eigenvalue weighted by molar-refractivity contribution is -0.151. The van der Waals surface area contributed by atoms with E-state index >= 15 is 0 Å². The number of amides is 1. The first-order valence-electron chi connectivity index (χ1n) is 2.45. The molecule has 9 heavy (non-hydrogen) atoms. The number of hydrogen-bond acceptors (Lipinski definition) is 1. The molecule has 0 aromatic rings. The maximum Gasteiger partial charge on any atom is 0.322 e. The second-order valence-electron chi connectivity index (χ2n) is 2.09. The van der Waals surface area contributed by atoms with Crippen LogP contribution in [0.15, 0.2) is 0 Å². The van der Waals surface area contributed by atoms with Crippen molar-refractivity contribution >= 4 is 5.91 Å². The van der Waals surface area contributed by atoms with Crippen molar-refractivity contribution in [3.63, 3.8) is 0 Å². The highest BCUT2D eigenvalue weighted by Crippen LogP contribution is 2.13. The number of carbonyl (C=O) groups excluding carboxylic acids is 1. The third-order valence-corrected chi connectivity index (χ3v) is 0.782. The maximum atomic E-state index is 12.0. The summed E-state index contributed by atoms with van der Waals surface area (Å²) in [6.45, 7) is 0.579. The first kappa shape index (κ1) is 8.33. The lowest BCUT2D eigenvalue weighted by atomic mass is 10.3. The highest BCUT2D eigenvalue weighted by Gasteiger charge is 2.33. The van der Waals surface area contributed by atoms with Gasteiger partial charge in [-0.1, -0.05) is 0 Å². The lowest BCUT2D eigenvalue weighted by Gasteiger charge is -2.14. The second-order valence-corrected chi connectivity index (χ2v) is 2.09. The van der Waals surface area contributed by atoms with Crippen LogP contribution in [0.3, 0.4) is 0 Å². The average molecular weight is 137 g/mol. The normalized spacial score (nSPS) is 11.2. The molecule has 0 radical (unpaired) electrons. The third kappa shape index (κ3) is 2.39. The summed E-state index contributed by atoms with van der Waals surface area (Å²) in [4.78, 5) is 11.2. The van der Waals surface area contributed by atoms with Crippen LogP contribution in [0.5, 0.6) is 0 Å². The van der Waals surface area contributed by atoms with E-state index in [1.807, 2.05) is 0 Å². The van der Waals surface area contributed by atoms with Gasteiger partial charge in [-0.2, -0.15) is 8.78 Å². The predicted octanol–water partition coefficient (Wildman–Crippen LogP) is 0.730. The molecule has 0 aliphatic rings. The molecule has 0 aliphatic carbocycles. The van der Waals surface area contributed by atoms with E-state index in [0.717, 1.165) is 4.90 Å². The van der Waals surface area contributed by atoms with Crippen LogP contribution in [0.2, 0.25) is 0 Å². The average Bonchev–Trinajstić information content (AvgIpc) is 1.62. The van der Waals surface area contributed by atoms with Gasteiger partial charge in [-0.3, -0.25) is 4.79 Å². The predicted molar refractivity (Wildman–Crippen MR) is 29.3 cm³/mol. The smallest absolute Gasteiger partial charge is 0.322 e. The first-order chi connectivity index (χ1) is 3.85. The van der Waals surface area contributed by atoms with Gasteiger partial charge in [0.2, 0.25) is 0 Å². The zero-order valence-electron chi connectivity index (χ0n) is 5.61. The Morgan fingerprint density at radius 2 is 1.78 bits per heavy atom. The molecule has 0 rings (SSSR count). The molecule has 2 nitrogen and oxygen atoms in total. The molecule has 0 unspecified atom stereocenters. The largest absolute Gasteiger partial charge is 0.344 e. The molecule has 0 atom stereocenters. The van der Waals surface area contributed by atoms with Crippen LogP contribution >= 0.6 is 0 Å². The zero-order valence-corrected chi connectivity index (χ0v) is 5.61. The Morgan fingerprint density at radius 3 is 1.78 bits per heavy atom. The number of nitrogens with zero attached hydrogens (tertiary/aromatic N) is 1. The van der Waals surface area contributed by atoms with E-state index in [9.17, 15) is 13.6 Å². The van der Waals surface area contributed by atoms with Crippen LogP contribution in [0.4, 0.5) is 8.78 Å². The van der Waals surface area contributed by atoms with Gasteiger partial charge in [0.25, 0.3) is 5.91 Å². The summed E-state index contributed by atoms with van der Waals surface area (Å²) < 4.78 is 24.0. The SMILES string of the molecule is CN(C)C(=O)C(C)(F)F. The molecular weight excluding hydrogens is 128 g/mol. The number of hydrogen-bond donors (Lipinski definition) is 0. The van der Waals surface area contributed by atoms with Gasteiger partial charge in [-0.15, -0.1) is 0 Å². The Bertz CT molecular complexity index is 117. The van der Waals surface area contributed by atoms with Crippen LogP contribution in [-0.4, -0.2) is 30.8 Å². The number of alkyl halides is 2. The van der Waals surface area contributed by atoms with Crippen molar-refractivity contribution < 1.29 is 13.6 Å². The number of carbonyl (C=O) groups is 1. The molecule has 0 heterocycles. The number of halogens is 2. The Kier molecular flexibility index (Phi) is 2.12. The van der Waals surface area contributed by atoms with Crippen LogP contribution in [0.25, 0.3) is 0 Å². The van der Waals surface area contributed by atoms with Gasteiger partial charge in [0.05, 0.1) is 0 Å². The fourth-order valence-corrected chi connectivity index (χ4v) is 0.393. The molecular formula is C5H9F2NO. The van der Waals surface area contributed by atoms with E-state index in [4.69, 9.17) is 0 Å². The van der Waals surface area contributed by atoms with Crippen molar-refractivity contribution in [3.8, 4) is 0 Å². The van der Waals surface area contributed by atoms with E-state index < -0.39 is 11.8 Å². The highest BCUT2D eigenvalue weighted by atomic mass is 19.3. The summed E-state index contributed by atoms with van der Waals surface area (Å²) in [6.07, 6.45) is 0. The standard InChI is InChI=1S/C5H9F2NO/c1-5(6,7)4(9)8(2)3/h1-3H3. The summed E-state index contributed by atoms with van der Waals surface area (Å²) in [6, 6.07) is 0. The molecule has 0 aromatic carbocycles. The fraction of sp³-hybridized carbons (Fsp3) is 0.800. The van der Waals surface area contributed by atoms with Gasteiger partial charge < -0.3 is 4.90 Å². The fourth-order valence-electron chi connectivity index (χ4n) is 0.393. The Morgan fingerprint density at radius 1 is 1.44 bits per heavy atom. The van der Waals surface area contributed by atoms with Crippen LogP contribution in [0, 0.1) is 0 Å². The van der Waals surface area contributed by atoms with E-state index in [0.29, 0.717) is 6.92 Å². The second kappa shape index (κ2) is 2.29. The highest BCUT2D eigenvalue weighted by molar-refractivity contribution is 5.82. The van der Waals surface area contributed by atoms with Crippen LogP contribution in [-0.2, 0) is 4.79 Å². The van der Waals surface area contributed by atoms with Gasteiger partial charge in [-0.05, 0) is 0 Å². The van der Waals surface area contributed by atoms with Crippen molar-refractivity contribution in [1.82, 2.24) is 4.90 Å². The molecule has 0 N–H and O–H groups in total. The van der Waals surface area contributed by atoms with E-state index in [-0.39, 0.29) is 0 Å². The van der Waals surface area contributed by atoms with E-state index in [1.165, 1.54) is 14.1 Å². The van der Waals surface area contributed by atoms with Gasteiger partial charge >= 0.3 is 5.92 Å². The third-order valence-electron chi connectivity index (χ3n) is 0.782. The lowest BCUT2D eigenvalue weighted by Crippen LogP contribution is -2.36. The van der Waals surface area contributed by atoms with Crippen molar-refractivity contribution in [2.75, 3.05) is 14.1 Å². The van der Waals surface area contributed by atoms with Gasteiger partial charge in [0, 0.05) is 21.0 Å². The molecule has 0 saturated heterocycles. The summed E-state index contributed by atoms with van der Waals surface area (Å²) >= 11 is 0. The summed E-state index contributed by atoms with van der Waals surface area (Å²) in [5, 5.41) is 0. The molecule has 0 saturated carbocycles. The minimum absolute atomic E-state index is 0.579. The topological polar surface area (TPSA) is 20.3 Å². The molecule has 4 heteroatoms. The molecule has 0 spiro atoms. The van der Waals surface area contributed by atoms with Crippen LogP contribution < -0.4 is 0 Å². The summed E-state index contributed by atoms with van der Waals surface area (Å²) in [7, 11) is 2.58. The minimum atomic E-state index is -3.23. The molecule has 0 bridgehead atoms. The monoisotopic (exact) mass is 137 g/mol. The Balaban J connectivity index is 4.06. The van der Waals surface area contributed by atoms with E-state index in [2.05, 4.69) is 0 Å². The molecule has 0 fully saturated rings. The summed E-state index contributed by atoms with van der Waals surface area (Å²) in [5.74, 6) is -4.40. The molecule has 0 aliphatic heterocycles. The van der Waals surface area contributed by atoms with Gasteiger partial charge in [0.1, 0.15) is 0 Å². The minimum Gasteiger partial charge on any atom is -0.344 e. The van der Waals surface area contributed by atoms with Crippen molar-refractivity contribution in [3.05, 3.63) is 0 Å². The maximum absolute atomic E-state index is 12.0. The molecule has 1 amide bonds. The molecule has 54 valence electrons. The molecule has 0 aromatic heterocycles. The summed E-state index contributed by atoms with van der Waals surface area (Å²) in [5.41, 5.74) is 0. The Hall–Kier alpha value is -0.670. The van der Waals surface area contributed by atoms with E-state index in [1.54, 1.807) is 0 Å². The van der Waals surface area contributed by atoms with Gasteiger partial charge in [-0.25, -0.2) is 0 Å². The van der Waals surface area contributed by atoms with Crippen molar-refractivity contribution in [2.45, 2.75) is 12.8 Å². The number of rotatable bonds is 1. The zero-order chi connectivity index (χ0) is 7.65.